The number of carboxylic acids is 1. The number of halogens is 1. The molecule has 4 nitrogen and oxygen atoms in total. The molecule has 0 aliphatic heterocycles. The molecule has 0 amide bonds. The van der Waals surface area contributed by atoms with Crippen LogP contribution in [0.2, 0.25) is 0 Å². The molecule has 0 aliphatic rings. The molecular formula is C12H7FN2O2. The molecule has 0 atom stereocenters. The van der Waals surface area contributed by atoms with Crippen LogP contribution in [0.15, 0.2) is 36.7 Å². The van der Waals surface area contributed by atoms with Gasteiger partial charge in [0.2, 0.25) is 0 Å². The molecule has 0 saturated heterocycles. The van der Waals surface area contributed by atoms with E-state index in [4.69, 9.17) is 5.11 Å². The number of carbonyl (C=O) groups is 1. The normalized spacial score (nSPS) is 11.1. The lowest BCUT2D eigenvalue weighted by molar-refractivity contribution is 0.0691. The van der Waals surface area contributed by atoms with E-state index in [1.54, 1.807) is 28.8 Å². The van der Waals surface area contributed by atoms with Gasteiger partial charge in [0, 0.05) is 23.2 Å². The summed E-state index contributed by atoms with van der Waals surface area (Å²) in [6, 6.07) is 6.25. The summed E-state index contributed by atoms with van der Waals surface area (Å²) in [6.07, 6.45) is 3.00. The summed E-state index contributed by atoms with van der Waals surface area (Å²) < 4.78 is 15.1. The molecule has 5 heteroatoms. The van der Waals surface area contributed by atoms with Crippen molar-refractivity contribution in [3.05, 3.63) is 48.2 Å². The third-order valence-corrected chi connectivity index (χ3v) is 2.65. The average Bonchev–Trinajstić information content (AvgIpc) is 2.73. The van der Waals surface area contributed by atoms with Gasteiger partial charge >= 0.3 is 5.97 Å². The first kappa shape index (κ1) is 9.77. The van der Waals surface area contributed by atoms with Crippen molar-refractivity contribution in [1.82, 2.24) is 9.38 Å². The van der Waals surface area contributed by atoms with E-state index < -0.39 is 5.97 Å². The van der Waals surface area contributed by atoms with Crippen LogP contribution < -0.4 is 0 Å². The minimum Gasteiger partial charge on any atom is -0.476 e. The fourth-order valence-electron chi connectivity index (χ4n) is 1.87. The molecule has 0 radical (unpaired) electrons. The summed E-state index contributed by atoms with van der Waals surface area (Å²) in [4.78, 5) is 14.8. The molecular weight excluding hydrogens is 223 g/mol. The zero-order valence-electron chi connectivity index (χ0n) is 8.59. The molecule has 1 aromatic carbocycles. The Hall–Kier alpha value is -2.43. The Morgan fingerprint density at radius 3 is 2.88 bits per heavy atom. The Morgan fingerprint density at radius 1 is 1.29 bits per heavy atom. The number of carboxylic acid groups (broad SMARTS) is 1. The highest BCUT2D eigenvalue weighted by Gasteiger charge is 2.11. The molecule has 0 aliphatic carbocycles. The topological polar surface area (TPSA) is 54.6 Å². The second-order valence-electron chi connectivity index (χ2n) is 3.68. The Labute approximate surface area is 94.9 Å². The molecule has 17 heavy (non-hydrogen) atoms. The molecule has 0 unspecified atom stereocenters. The highest BCUT2D eigenvalue weighted by molar-refractivity contribution is 5.96. The zero-order chi connectivity index (χ0) is 12.0. The van der Waals surface area contributed by atoms with Gasteiger partial charge in [-0.3, -0.25) is 0 Å². The summed E-state index contributed by atoms with van der Waals surface area (Å²) >= 11 is 0. The summed E-state index contributed by atoms with van der Waals surface area (Å²) in [5.41, 5.74) is 0.390. The van der Waals surface area contributed by atoms with Gasteiger partial charge in [-0.05, 0) is 12.1 Å². The number of aromatic carboxylic acids is 1. The van der Waals surface area contributed by atoms with E-state index in [9.17, 15) is 9.18 Å². The second-order valence-corrected chi connectivity index (χ2v) is 3.68. The van der Waals surface area contributed by atoms with Crippen LogP contribution in [0.3, 0.4) is 0 Å². The molecule has 0 spiro atoms. The van der Waals surface area contributed by atoms with E-state index in [1.807, 2.05) is 0 Å². The van der Waals surface area contributed by atoms with E-state index in [-0.39, 0.29) is 11.5 Å². The quantitative estimate of drug-likeness (QED) is 0.698. The monoisotopic (exact) mass is 230 g/mol. The van der Waals surface area contributed by atoms with Crippen LogP contribution in [0.25, 0.3) is 16.4 Å². The standard InChI is InChI=1S/C12H7FN2O2/c13-9-3-1-2-8-7(9)4-5-15-6-10(12(16)17)14-11(8)15/h1-6H,(H,16,17). The van der Waals surface area contributed by atoms with Gasteiger partial charge in [0.25, 0.3) is 0 Å². The minimum atomic E-state index is -1.10. The Bertz CT molecular complexity index is 749. The number of rotatable bonds is 1. The van der Waals surface area contributed by atoms with Crippen LogP contribution in [0.4, 0.5) is 4.39 Å². The van der Waals surface area contributed by atoms with E-state index in [1.165, 1.54) is 12.3 Å². The first-order valence-corrected chi connectivity index (χ1v) is 4.96. The van der Waals surface area contributed by atoms with Crippen molar-refractivity contribution in [2.45, 2.75) is 0 Å². The summed E-state index contributed by atoms with van der Waals surface area (Å²) in [6.45, 7) is 0. The minimum absolute atomic E-state index is 0.0539. The largest absolute Gasteiger partial charge is 0.476 e. The third kappa shape index (κ3) is 1.36. The maximum absolute atomic E-state index is 13.5. The highest BCUT2D eigenvalue weighted by atomic mass is 19.1. The van der Waals surface area contributed by atoms with Gasteiger partial charge in [0.05, 0.1) is 0 Å². The summed E-state index contributed by atoms with van der Waals surface area (Å²) in [5, 5.41) is 9.89. The first-order valence-electron chi connectivity index (χ1n) is 4.96. The molecule has 1 N–H and O–H groups in total. The molecule has 0 bridgehead atoms. The molecule has 3 rings (SSSR count). The van der Waals surface area contributed by atoms with Crippen LogP contribution in [-0.4, -0.2) is 20.5 Å². The van der Waals surface area contributed by atoms with Gasteiger partial charge in [-0.2, -0.15) is 0 Å². The van der Waals surface area contributed by atoms with Crippen LogP contribution >= 0.6 is 0 Å². The maximum atomic E-state index is 13.5. The molecule has 84 valence electrons. The zero-order valence-corrected chi connectivity index (χ0v) is 8.59. The molecule has 2 aromatic heterocycles. The van der Waals surface area contributed by atoms with Crippen molar-refractivity contribution in [2.24, 2.45) is 0 Å². The SMILES string of the molecule is O=C(O)c1cn2ccc3c(F)cccc3c2n1. The number of benzene rings is 1. The molecule has 2 heterocycles. The molecule has 3 aromatic rings. The van der Waals surface area contributed by atoms with Gasteiger partial charge < -0.3 is 9.51 Å². The van der Waals surface area contributed by atoms with Gasteiger partial charge in [-0.1, -0.05) is 12.1 Å². The first-order chi connectivity index (χ1) is 8.16. The lowest BCUT2D eigenvalue weighted by atomic mass is 10.1. The lowest BCUT2D eigenvalue weighted by Crippen LogP contribution is -1.94. The lowest BCUT2D eigenvalue weighted by Gasteiger charge is -2.00. The average molecular weight is 230 g/mol. The van der Waals surface area contributed by atoms with Crippen molar-refractivity contribution < 1.29 is 14.3 Å². The fourth-order valence-corrected chi connectivity index (χ4v) is 1.87. The van der Waals surface area contributed by atoms with Gasteiger partial charge in [-0.25, -0.2) is 14.2 Å². The van der Waals surface area contributed by atoms with Crippen LogP contribution in [0.1, 0.15) is 10.5 Å². The summed E-state index contributed by atoms with van der Waals surface area (Å²) in [5.74, 6) is -1.44. The van der Waals surface area contributed by atoms with Crippen molar-refractivity contribution >= 4 is 22.4 Å². The number of nitrogens with zero attached hydrogens (tertiary/aromatic N) is 2. The summed E-state index contributed by atoms with van der Waals surface area (Å²) in [7, 11) is 0. The van der Waals surface area contributed by atoms with E-state index in [0.29, 0.717) is 16.4 Å². The predicted octanol–water partition coefficient (Wildman–Crippen LogP) is 2.32. The number of hydrogen-bond acceptors (Lipinski definition) is 2. The van der Waals surface area contributed by atoms with E-state index in [2.05, 4.69) is 4.98 Å². The molecule has 0 saturated carbocycles. The van der Waals surface area contributed by atoms with Gasteiger partial charge in [0.15, 0.2) is 5.69 Å². The number of aromatic nitrogens is 2. The van der Waals surface area contributed by atoms with Crippen LogP contribution in [0, 0.1) is 5.82 Å². The Kier molecular flexibility index (Phi) is 1.89. The number of fused-ring (bicyclic) bond motifs is 3. The van der Waals surface area contributed by atoms with Crippen LogP contribution in [-0.2, 0) is 0 Å². The van der Waals surface area contributed by atoms with Gasteiger partial charge in [-0.15, -0.1) is 0 Å². The van der Waals surface area contributed by atoms with Gasteiger partial charge in [0.1, 0.15) is 11.5 Å². The number of pyridine rings is 1. The van der Waals surface area contributed by atoms with Crippen molar-refractivity contribution in [2.75, 3.05) is 0 Å². The molecule has 0 fully saturated rings. The number of imidazole rings is 1. The predicted molar refractivity (Wildman–Crippen MR) is 59.6 cm³/mol. The fraction of sp³-hybridized carbons (Fsp3) is 0. The maximum Gasteiger partial charge on any atom is 0.356 e. The van der Waals surface area contributed by atoms with Crippen LogP contribution in [0.5, 0.6) is 0 Å². The van der Waals surface area contributed by atoms with Crippen molar-refractivity contribution in [3.63, 3.8) is 0 Å². The van der Waals surface area contributed by atoms with Crippen molar-refractivity contribution in [1.29, 1.82) is 0 Å². The van der Waals surface area contributed by atoms with E-state index >= 15 is 0 Å². The Morgan fingerprint density at radius 2 is 2.12 bits per heavy atom. The van der Waals surface area contributed by atoms with Crippen molar-refractivity contribution in [3.8, 4) is 0 Å². The third-order valence-electron chi connectivity index (χ3n) is 2.65. The van der Waals surface area contributed by atoms with E-state index in [0.717, 1.165) is 0 Å². The highest BCUT2D eigenvalue weighted by Crippen LogP contribution is 2.22. The number of hydrogen-bond donors (Lipinski definition) is 1. The second kappa shape index (κ2) is 3.28. The smallest absolute Gasteiger partial charge is 0.356 e. The Balaban J connectivity index is 2.47.